The molecule has 0 aromatic carbocycles. The highest BCUT2D eigenvalue weighted by Gasteiger charge is 2.30. The molecule has 2 unspecified atom stereocenters. The number of phosphoric ester groups is 2. The van der Waals surface area contributed by atoms with Crippen molar-refractivity contribution in [3.05, 3.63) is 0 Å². The van der Waals surface area contributed by atoms with Gasteiger partial charge >= 0.3 is 39.5 Å². The highest BCUT2D eigenvalue weighted by molar-refractivity contribution is 7.47. The molecule has 0 saturated carbocycles. The molecular weight excluding hydrogens is 1160 g/mol. The number of carbonyl (C=O) groups is 4. The van der Waals surface area contributed by atoms with E-state index in [4.69, 9.17) is 37.0 Å². The second kappa shape index (κ2) is 63.8. The molecule has 0 fully saturated rings. The van der Waals surface area contributed by atoms with E-state index in [1.807, 2.05) is 0 Å². The van der Waals surface area contributed by atoms with E-state index in [1.54, 1.807) is 0 Å². The summed E-state index contributed by atoms with van der Waals surface area (Å²) in [5, 5.41) is 10.5. The van der Waals surface area contributed by atoms with Crippen LogP contribution in [0.1, 0.15) is 362 Å². The molecule has 0 rings (SSSR count). The van der Waals surface area contributed by atoms with Crippen molar-refractivity contribution in [1.29, 1.82) is 0 Å². The van der Waals surface area contributed by atoms with E-state index >= 15 is 0 Å². The maximum Gasteiger partial charge on any atom is 0.472 e. The summed E-state index contributed by atoms with van der Waals surface area (Å²) in [6.07, 6.45) is 51.7. The Morgan fingerprint density at radius 2 is 0.455 bits per heavy atom. The molecule has 88 heavy (non-hydrogen) atoms. The number of hydrogen-bond donors (Lipinski definition) is 3. The molecule has 19 heteroatoms. The summed E-state index contributed by atoms with van der Waals surface area (Å²) in [6, 6.07) is 0. The van der Waals surface area contributed by atoms with Gasteiger partial charge < -0.3 is 33.8 Å². The van der Waals surface area contributed by atoms with Gasteiger partial charge in [-0.15, -0.1) is 0 Å². The summed E-state index contributed by atoms with van der Waals surface area (Å²) in [5.74, 6) is -2.13. The molecule has 522 valence electrons. The van der Waals surface area contributed by atoms with Crippen LogP contribution in [0.15, 0.2) is 0 Å². The van der Waals surface area contributed by atoms with Crippen molar-refractivity contribution in [2.45, 2.75) is 380 Å². The van der Waals surface area contributed by atoms with Crippen molar-refractivity contribution < 1.29 is 80.2 Å². The molecule has 0 bridgehead atoms. The molecule has 3 N–H and O–H groups in total. The van der Waals surface area contributed by atoms with Crippen LogP contribution in [-0.2, 0) is 65.4 Å². The predicted octanol–water partition coefficient (Wildman–Crippen LogP) is 19.9. The lowest BCUT2D eigenvalue weighted by Gasteiger charge is -2.21. The summed E-state index contributed by atoms with van der Waals surface area (Å²) in [4.78, 5) is 72.2. The fourth-order valence-electron chi connectivity index (χ4n) is 10.5. The van der Waals surface area contributed by atoms with Crippen LogP contribution in [0.5, 0.6) is 0 Å². The smallest absolute Gasteiger partial charge is 0.462 e. The third-order valence-electron chi connectivity index (χ3n) is 16.1. The summed E-state index contributed by atoms with van der Waals surface area (Å²) in [5.41, 5.74) is 0. The molecule has 0 aromatic rings. The van der Waals surface area contributed by atoms with Crippen molar-refractivity contribution >= 4 is 39.5 Å². The molecule has 0 radical (unpaired) electrons. The molecule has 0 saturated heterocycles. The van der Waals surface area contributed by atoms with Gasteiger partial charge in [0.25, 0.3) is 0 Å². The van der Waals surface area contributed by atoms with Crippen molar-refractivity contribution in [3.63, 3.8) is 0 Å². The van der Waals surface area contributed by atoms with Crippen LogP contribution in [0.4, 0.5) is 0 Å². The minimum Gasteiger partial charge on any atom is -0.462 e. The van der Waals surface area contributed by atoms with E-state index in [0.29, 0.717) is 25.7 Å². The van der Waals surface area contributed by atoms with Crippen LogP contribution in [0, 0.1) is 0 Å². The summed E-state index contributed by atoms with van der Waals surface area (Å²) >= 11 is 0. The second-order valence-corrected chi connectivity index (χ2v) is 27.8. The molecule has 0 spiro atoms. The largest absolute Gasteiger partial charge is 0.472 e. The average Bonchev–Trinajstić information content (AvgIpc) is 3.69. The van der Waals surface area contributed by atoms with Crippen molar-refractivity contribution in [2.24, 2.45) is 0 Å². The lowest BCUT2D eigenvalue weighted by Crippen LogP contribution is -2.30. The zero-order valence-corrected chi connectivity index (χ0v) is 58.5. The van der Waals surface area contributed by atoms with Crippen molar-refractivity contribution in [3.8, 4) is 0 Å². The molecule has 0 aromatic heterocycles. The zero-order valence-electron chi connectivity index (χ0n) is 56.7. The first kappa shape index (κ1) is 86.1. The number of phosphoric acid groups is 2. The van der Waals surface area contributed by atoms with Gasteiger partial charge in [-0.3, -0.25) is 37.3 Å². The van der Waals surface area contributed by atoms with Gasteiger partial charge in [-0.25, -0.2) is 9.13 Å². The monoisotopic (exact) mass is 1300 g/mol. The lowest BCUT2D eigenvalue weighted by molar-refractivity contribution is -0.161. The van der Waals surface area contributed by atoms with Crippen molar-refractivity contribution in [2.75, 3.05) is 39.6 Å². The van der Waals surface area contributed by atoms with Crippen LogP contribution >= 0.6 is 15.6 Å². The number of aliphatic hydroxyl groups is 1. The van der Waals surface area contributed by atoms with E-state index in [-0.39, 0.29) is 25.7 Å². The normalized spacial score (nSPS) is 14.0. The van der Waals surface area contributed by atoms with Gasteiger partial charge in [0, 0.05) is 25.7 Å². The predicted molar refractivity (Wildman–Crippen MR) is 354 cm³/mol. The molecule has 0 aliphatic carbocycles. The highest BCUT2D eigenvalue weighted by atomic mass is 31.2. The number of hydrogen-bond acceptors (Lipinski definition) is 15. The highest BCUT2D eigenvalue weighted by Crippen LogP contribution is 2.45. The van der Waals surface area contributed by atoms with Crippen LogP contribution in [0.25, 0.3) is 0 Å². The quantitative estimate of drug-likeness (QED) is 0.0222. The first-order valence-corrected chi connectivity index (χ1v) is 39.3. The number of esters is 4. The van der Waals surface area contributed by atoms with E-state index in [9.17, 15) is 43.2 Å². The maximum absolute atomic E-state index is 13.0. The standard InChI is InChI=1S/C69H134O17P2/c1-5-9-13-17-20-23-26-28-30-31-32-34-36-38-41-44-48-52-56-69(74)86-65(60-80-67(72)54-50-46-42-40-37-35-33-29-27-24-21-18-14-10-6-2)62-84-88(77,78)82-58-63(70)57-81-87(75,76)83-61-64(59-79-66(71)53-49-45-16-12-8-4)85-68(73)55-51-47-43-39-25-22-19-15-11-7-3/h63-65,70H,5-62H2,1-4H3,(H,75,76)(H,77,78)/t63-,64+,65+/m0/s1. The number of aliphatic hydroxyl groups excluding tert-OH is 1. The third kappa shape index (κ3) is 62.8. The Bertz CT molecular complexity index is 1690. The lowest BCUT2D eigenvalue weighted by atomic mass is 10.0. The van der Waals surface area contributed by atoms with Gasteiger partial charge in [0.15, 0.2) is 12.2 Å². The fraction of sp³-hybridized carbons (Fsp3) is 0.942. The second-order valence-electron chi connectivity index (χ2n) is 24.9. The Balaban J connectivity index is 5.14. The number of unbranched alkanes of at least 4 members (excludes halogenated alkanes) is 44. The van der Waals surface area contributed by atoms with Crippen LogP contribution in [-0.4, -0.2) is 96.7 Å². The van der Waals surface area contributed by atoms with E-state index < -0.39 is 97.5 Å². The topological polar surface area (TPSA) is 237 Å². The maximum atomic E-state index is 13.0. The summed E-state index contributed by atoms with van der Waals surface area (Å²) in [6.45, 7) is 4.84. The molecule has 0 amide bonds. The molecule has 0 aliphatic rings. The first-order valence-electron chi connectivity index (χ1n) is 36.3. The van der Waals surface area contributed by atoms with Gasteiger partial charge in [0.05, 0.1) is 26.4 Å². The van der Waals surface area contributed by atoms with Gasteiger partial charge in [-0.2, -0.15) is 0 Å². The zero-order chi connectivity index (χ0) is 64.7. The summed E-state index contributed by atoms with van der Waals surface area (Å²) < 4.78 is 68.0. The summed E-state index contributed by atoms with van der Waals surface area (Å²) in [7, 11) is -9.88. The Kier molecular flexibility index (Phi) is 62.4. The SMILES string of the molecule is CCCCCCCCCCCCCCCCCCCCC(=O)O[C@H](COC(=O)CCCCCCCCCCCCCCCCC)COP(=O)(O)OC[C@@H](O)COP(=O)(O)OC[C@@H](COC(=O)CCCCCCC)OC(=O)CCCCCCCCCCCC. The minimum atomic E-state index is -4.95. The van der Waals surface area contributed by atoms with E-state index in [1.165, 1.54) is 186 Å². The van der Waals surface area contributed by atoms with Crippen LogP contribution < -0.4 is 0 Å². The third-order valence-corrected chi connectivity index (χ3v) is 18.0. The van der Waals surface area contributed by atoms with Gasteiger partial charge in [0.1, 0.15) is 19.3 Å². The van der Waals surface area contributed by atoms with E-state index in [0.717, 1.165) is 96.3 Å². The van der Waals surface area contributed by atoms with Gasteiger partial charge in [-0.05, 0) is 25.7 Å². The number of carbonyl (C=O) groups excluding carboxylic acids is 4. The molecule has 0 aliphatic heterocycles. The molecule has 0 heterocycles. The Morgan fingerprint density at radius 3 is 0.670 bits per heavy atom. The number of rotatable bonds is 70. The van der Waals surface area contributed by atoms with Crippen molar-refractivity contribution in [1.82, 2.24) is 0 Å². The van der Waals surface area contributed by atoms with E-state index in [2.05, 4.69) is 27.7 Å². The Hall–Kier alpha value is -1.94. The van der Waals surface area contributed by atoms with Crippen LogP contribution in [0.3, 0.4) is 0 Å². The average molecular weight is 1300 g/mol. The fourth-order valence-corrected chi connectivity index (χ4v) is 12.1. The minimum absolute atomic E-state index is 0.106. The molecule has 17 nitrogen and oxygen atoms in total. The van der Waals surface area contributed by atoms with Gasteiger partial charge in [-0.1, -0.05) is 310 Å². The number of ether oxygens (including phenoxy) is 4. The molecule has 5 atom stereocenters. The Labute approximate surface area is 537 Å². The first-order chi connectivity index (χ1) is 42.7. The van der Waals surface area contributed by atoms with Gasteiger partial charge in [0.2, 0.25) is 0 Å². The Morgan fingerprint density at radius 1 is 0.273 bits per heavy atom. The molecular formula is C69H134O17P2. The van der Waals surface area contributed by atoms with Crippen LogP contribution in [0.2, 0.25) is 0 Å².